The molecule has 0 aliphatic carbocycles. The number of hydrogen-bond acceptors (Lipinski definition) is 4. The molecule has 0 saturated heterocycles. The molecule has 0 fully saturated rings. The van der Waals surface area contributed by atoms with Crippen LogP contribution >= 0.6 is 0 Å². The van der Waals surface area contributed by atoms with Gasteiger partial charge in [0, 0.05) is 24.6 Å². The van der Waals surface area contributed by atoms with E-state index < -0.39 is 0 Å². The third-order valence-electron chi connectivity index (χ3n) is 4.59. The van der Waals surface area contributed by atoms with Crippen LogP contribution in [0.5, 0.6) is 0 Å². The lowest BCUT2D eigenvalue weighted by atomic mass is 10.1. The molecule has 1 unspecified atom stereocenters. The fraction of sp³-hybridized carbons (Fsp3) is 0.350. The van der Waals surface area contributed by atoms with Crippen molar-refractivity contribution in [1.82, 2.24) is 25.6 Å². The predicted octanol–water partition coefficient (Wildman–Crippen LogP) is 4.09. The molecular weight excluding hydrogens is 342 g/mol. The fourth-order valence-electron chi connectivity index (χ4n) is 2.67. The van der Waals surface area contributed by atoms with Crippen molar-refractivity contribution in [2.45, 2.75) is 39.3 Å². The quantitative estimate of drug-likeness (QED) is 0.687. The zero-order valence-corrected chi connectivity index (χ0v) is 16.1. The maximum Gasteiger partial charge on any atom is 0.318 e. The van der Waals surface area contributed by atoms with E-state index in [2.05, 4.69) is 20.7 Å². The van der Waals surface area contributed by atoms with E-state index >= 15 is 0 Å². The van der Waals surface area contributed by atoms with Crippen LogP contribution in [-0.4, -0.2) is 33.3 Å². The topological polar surface area (TPSA) is 87.0 Å². The number of benzene rings is 1. The fourth-order valence-corrected chi connectivity index (χ4v) is 2.67. The number of aromatic nitrogens is 3. The normalized spacial score (nSPS) is 12.2. The van der Waals surface area contributed by atoms with Gasteiger partial charge in [0.15, 0.2) is 0 Å². The van der Waals surface area contributed by atoms with Crippen molar-refractivity contribution in [2.24, 2.45) is 0 Å². The molecule has 0 aliphatic rings. The van der Waals surface area contributed by atoms with Crippen molar-refractivity contribution in [2.75, 3.05) is 7.05 Å². The third-order valence-corrected chi connectivity index (χ3v) is 4.59. The van der Waals surface area contributed by atoms with Crippen LogP contribution in [-0.2, 0) is 6.54 Å². The summed E-state index contributed by atoms with van der Waals surface area (Å²) in [6.07, 6.45) is 0. The average Bonchev–Trinajstić information content (AvgIpc) is 3.35. The number of urea groups is 1. The predicted molar refractivity (Wildman–Crippen MR) is 103 cm³/mol. The molecule has 142 valence electrons. The molecular formula is C20H25N5O2. The van der Waals surface area contributed by atoms with Gasteiger partial charge in [0.05, 0.1) is 24.0 Å². The number of amides is 2. The summed E-state index contributed by atoms with van der Waals surface area (Å²) in [6, 6.07) is 13.4. The van der Waals surface area contributed by atoms with E-state index in [0.717, 1.165) is 22.7 Å². The van der Waals surface area contributed by atoms with Crippen LogP contribution in [0.1, 0.15) is 49.9 Å². The summed E-state index contributed by atoms with van der Waals surface area (Å²) in [5, 5.41) is 14.2. The Balaban J connectivity index is 1.60. The van der Waals surface area contributed by atoms with Gasteiger partial charge in [-0.25, -0.2) is 4.79 Å². The van der Waals surface area contributed by atoms with Crippen molar-refractivity contribution < 1.29 is 9.32 Å². The first-order valence-electron chi connectivity index (χ1n) is 9.02. The molecule has 0 aliphatic heterocycles. The lowest BCUT2D eigenvalue weighted by Crippen LogP contribution is -2.38. The van der Waals surface area contributed by atoms with Gasteiger partial charge in [-0.3, -0.25) is 5.10 Å². The monoisotopic (exact) mass is 367 g/mol. The summed E-state index contributed by atoms with van der Waals surface area (Å²) in [5.41, 5.74) is 3.47. The number of hydrogen-bond donors (Lipinski definition) is 2. The highest BCUT2D eigenvalue weighted by Gasteiger charge is 2.20. The van der Waals surface area contributed by atoms with E-state index in [-0.39, 0.29) is 18.0 Å². The van der Waals surface area contributed by atoms with Gasteiger partial charge in [0.2, 0.25) is 0 Å². The van der Waals surface area contributed by atoms with Crippen molar-refractivity contribution in [3.63, 3.8) is 0 Å². The number of nitrogens with zero attached hydrogens (tertiary/aromatic N) is 3. The molecule has 2 aromatic heterocycles. The van der Waals surface area contributed by atoms with Gasteiger partial charge in [-0.15, -0.1) is 0 Å². The Bertz CT molecular complexity index is 885. The van der Waals surface area contributed by atoms with Gasteiger partial charge in [-0.2, -0.15) is 5.10 Å². The van der Waals surface area contributed by atoms with Gasteiger partial charge >= 0.3 is 6.03 Å². The molecule has 0 spiro atoms. The summed E-state index contributed by atoms with van der Waals surface area (Å²) in [7, 11) is 1.76. The van der Waals surface area contributed by atoms with Gasteiger partial charge < -0.3 is 14.7 Å². The molecule has 7 heteroatoms. The minimum atomic E-state index is -0.188. The molecule has 1 atom stereocenters. The smallest absolute Gasteiger partial charge is 0.318 e. The van der Waals surface area contributed by atoms with Crippen molar-refractivity contribution in [1.29, 1.82) is 0 Å². The third kappa shape index (κ3) is 4.36. The summed E-state index contributed by atoms with van der Waals surface area (Å²) in [5.74, 6) is 1.08. The van der Waals surface area contributed by atoms with E-state index in [9.17, 15) is 4.79 Å². The van der Waals surface area contributed by atoms with Crippen LogP contribution in [0.4, 0.5) is 4.79 Å². The number of rotatable bonds is 6. The van der Waals surface area contributed by atoms with E-state index in [1.165, 1.54) is 0 Å². The highest BCUT2D eigenvalue weighted by atomic mass is 16.5. The number of carbonyl (C=O) groups excluding carboxylic acids is 1. The molecule has 0 saturated carbocycles. The van der Waals surface area contributed by atoms with E-state index in [0.29, 0.717) is 12.2 Å². The number of carbonyl (C=O) groups is 1. The Labute approximate surface area is 158 Å². The maximum absolute atomic E-state index is 12.5. The molecule has 7 nitrogen and oxygen atoms in total. The molecule has 0 bridgehead atoms. The second-order valence-corrected chi connectivity index (χ2v) is 6.90. The Morgan fingerprint density at radius 3 is 2.63 bits per heavy atom. The summed E-state index contributed by atoms with van der Waals surface area (Å²) in [4.78, 5) is 14.1. The van der Waals surface area contributed by atoms with Gasteiger partial charge in [-0.1, -0.05) is 49.3 Å². The lowest BCUT2D eigenvalue weighted by molar-refractivity contribution is 0.192. The zero-order valence-electron chi connectivity index (χ0n) is 16.1. The van der Waals surface area contributed by atoms with Gasteiger partial charge in [0.25, 0.3) is 0 Å². The Kier molecular flexibility index (Phi) is 5.59. The SMILES string of the molecule is CC(C)c1cc(CNC(=O)N(C)C(C)c2cc(-c3ccccc3)n[nH]2)no1. The zero-order chi connectivity index (χ0) is 19.4. The van der Waals surface area contributed by atoms with Crippen LogP contribution in [0.15, 0.2) is 47.0 Å². The van der Waals surface area contributed by atoms with Crippen LogP contribution in [0.25, 0.3) is 11.3 Å². The van der Waals surface area contributed by atoms with Gasteiger partial charge in [-0.05, 0) is 13.0 Å². The minimum Gasteiger partial charge on any atom is -0.361 e. The van der Waals surface area contributed by atoms with E-state index in [1.807, 2.05) is 63.2 Å². The molecule has 2 N–H and O–H groups in total. The van der Waals surface area contributed by atoms with Crippen LogP contribution in [0.2, 0.25) is 0 Å². The van der Waals surface area contributed by atoms with E-state index in [4.69, 9.17) is 4.52 Å². The average molecular weight is 367 g/mol. The number of nitrogens with one attached hydrogen (secondary N) is 2. The minimum absolute atomic E-state index is 0.154. The molecule has 3 rings (SSSR count). The standard InChI is InChI=1S/C20H25N5O2/c1-13(2)19-10-16(24-27-19)12-21-20(26)25(4)14(3)17-11-18(23-22-17)15-8-6-5-7-9-15/h5-11,13-14H,12H2,1-4H3,(H,21,26)(H,22,23). The van der Waals surface area contributed by atoms with Crippen LogP contribution < -0.4 is 5.32 Å². The largest absolute Gasteiger partial charge is 0.361 e. The first-order chi connectivity index (χ1) is 13.0. The van der Waals surface area contributed by atoms with Crippen LogP contribution in [0.3, 0.4) is 0 Å². The summed E-state index contributed by atoms with van der Waals surface area (Å²) >= 11 is 0. The molecule has 27 heavy (non-hydrogen) atoms. The first-order valence-corrected chi connectivity index (χ1v) is 9.02. The van der Waals surface area contributed by atoms with Crippen molar-refractivity contribution in [3.8, 4) is 11.3 Å². The van der Waals surface area contributed by atoms with E-state index in [1.54, 1.807) is 11.9 Å². The first kappa shape index (κ1) is 18.7. The lowest BCUT2D eigenvalue weighted by Gasteiger charge is -2.23. The van der Waals surface area contributed by atoms with Gasteiger partial charge in [0.1, 0.15) is 11.5 Å². The Morgan fingerprint density at radius 1 is 1.22 bits per heavy atom. The molecule has 3 aromatic rings. The summed E-state index contributed by atoms with van der Waals surface area (Å²) in [6.45, 7) is 6.35. The Morgan fingerprint density at radius 2 is 1.96 bits per heavy atom. The molecule has 2 amide bonds. The summed E-state index contributed by atoms with van der Waals surface area (Å²) < 4.78 is 5.25. The van der Waals surface area contributed by atoms with Crippen LogP contribution in [0, 0.1) is 0 Å². The second kappa shape index (κ2) is 8.07. The Hall–Kier alpha value is -3.09. The highest BCUT2D eigenvalue weighted by Crippen LogP contribution is 2.23. The number of H-pyrrole nitrogens is 1. The molecule has 0 radical (unpaired) electrons. The van der Waals surface area contributed by atoms with Crippen molar-refractivity contribution >= 4 is 6.03 Å². The molecule has 2 heterocycles. The highest BCUT2D eigenvalue weighted by molar-refractivity contribution is 5.74. The maximum atomic E-state index is 12.5. The number of aromatic amines is 1. The second-order valence-electron chi connectivity index (χ2n) is 6.90. The molecule has 1 aromatic carbocycles. The van der Waals surface area contributed by atoms with Crippen molar-refractivity contribution in [3.05, 3.63) is 59.6 Å².